The van der Waals surface area contributed by atoms with E-state index in [-0.39, 0.29) is 5.91 Å². The zero-order valence-corrected chi connectivity index (χ0v) is 19.4. The Hall–Kier alpha value is -3.67. The minimum atomic E-state index is -5.08. The van der Waals surface area contributed by atoms with Crippen LogP contribution in [0.1, 0.15) is 23.3 Å². The number of piperidine rings is 1. The topological polar surface area (TPSA) is 107 Å². The average molecular weight is 508 g/mol. The van der Waals surface area contributed by atoms with Gasteiger partial charge in [0.15, 0.2) is 5.69 Å². The molecular weight excluding hydrogens is 483 g/mol. The second kappa shape index (κ2) is 12.2. The number of benzene rings is 1. The summed E-state index contributed by atoms with van der Waals surface area (Å²) in [4.78, 5) is 32.2. The van der Waals surface area contributed by atoms with Crippen LogP contribution in [0.2, 0.25) is 0 Å². The summed E-state index contributed by atoms with van der Waals surface area (Å²) in [5.41, 5.74) is 4.33. The lowest BCUT2D eigenvalue weighted by molar-refractivity contribution is -0.192. The first-order chi connectivity index (χ1) is 16.7. The molecule has 4 rings (SSSR count). The molecule has 0 saturated carbocycles. The van der Waals surface area contributed by atoms with E-state index in [0.717, 1.165) is 36.6 Å². The standard InChI is InChI=1S/C21H23N5OS.C2HF3O2/c27-20(19-21(28-15-24-19)25-17-4-2-1-3-5-17)23-14-16-8-12-26(13-9-16)18-6-10-22-11-7-18;3-2(4,5)1(6)7/h1-7,10-11,15-16,25H,8-9,12-14H2,(H,23,27);(H,6,7). The number of para-hydroxylation sites is 1. The van der Waals surface area contributed by atoms with E-state index in [1.807, 2.05) is 54.9 Å². The molecule has 3 aromatic rings. The van der Waals surface area contributed by atoms with Crippen LogP contribution in [0.4, 0.5) is 29.5 Å². The van der Waals surface area contributed by atoms with Crippen LogP contribution in [0.15, 0.2) is 60.4 Å². The van der Waals surface area contributed by atoms with Crippen molar-refractivity contribution in [1.82, 2.24) is 15.3 Å². The minimum absolute atomic E-state index is 0.115. The summed E-state index contributed by atoms with van der Waals surface area (Å²) in [6.07, 6.45) is 0.705. The number of thiazole rings is 1. The molecule has 1 saturated heterocycles. The van der Waals surface area contributed by atoms with E-state index in [1.54, 1.807) is 5.51 Å². The quantitative estimate of drug-likeness (QED) is 0.449. The molecule has 0 aliphatic carbocycles. The van der Waals surface area contributed by atoms with E-state index < -0.39 is 12.1 Å². The van der Waals surface area contributed by atoms with Crippen molar-refractivity contribution in [3.63, 3.8) is 0 Å². The van der Waals surface area contributed by atoms with E-state index in [0.29, 0.717) is 18.2 Å². The summed E-state index contributed by atoms with van der Waals surface area (Å²) in [5.74, 6) is -2.38. The van der Waals surface area contributed by atoms with Crippen LogP contribution < -0.4 is 15.5 Å². The lowest BCUT2D eigenvalue weighted by Crippen LogP contribution is -2.38. The number of aromatic nitrogens is 2. The Bertz CT molecular complexity index is 1090. The summed E-state index contributed by atoms with van der Waals surface area (Å²) >= 11 is 1.44. The van der Waals surface area contributed by atoms with Gasteiger partial charge in [-0.1, -0.05) is 18.2 Å². The lowest BCUT2D eigenvalue weighted by Gasteiger charge is -2.33. The van der Waals surface area contributed by atoms with E-state index in [9.17, 15) is 18.0 Å². The number of carboxylic acid groups (broad SMARTS) is 1. The first-order valence-corrected chi connectivity index (χ1v) is 11.6. The number of carbonyl (C=O) groups excluding carboxylic acids is 1. The molecule has 0 atom stereocenters. The van der Waals surface area contributed by atoms with Crippen molar-refractivity contribution in [2.75, 3.05) is 29.9 Å². The van der Waals surface area contributed by atoms with Crippen LogP contribution in [0.25, 0.3) is 0 Å². The van der Waals surface area contributed by atoms with Crippen molar-refractivity contribution >= 4 is 39.6 Å². The number of alkyl halides is 3. The Labute approximate surface area is 203 Å². The molecule has 8 nitrogen and oxygen atoms in total. The number of aliphatic carboxylic acids is 1. The number of amides is 1. The normalized spacial score (nSPS) is 14.0. The van der Waals surface area contributed by atoms with Gasteiger partial charge in [-0.2, -0.15) is 13.2 Å². The highest BCUT2D eigenvalue weighted by Crippen LogP contribution is 2.25. The molecule has 1 amide bonds. The Morgan fingerprint density at radius 2 is 1.71 bits per heavy atom. The minimum Gasteiger partial charge on any atom is -0.475 e. The summed E-state index contributed by atoms with van der Waals surface area (Å²) in [7, 11) is 0. The smallest absolute Gasteiger partial charge is 0.475 e. The van der Waals surface area contributed by atoms with E-state index in [4.69, 9.17) is 9.90 Å². The largest absolute Gasteiger partial charge is 0.490 e. The van der Waals surface area contributed by atoms with Crippen LogP contribution in [0.5, 0.6) is 0 Å². The Morgan fingerprint density at radius 3 is 2.31 bits per heavy atom. The van der Waals surface area contributed by atoms with Gasteiger partial charge in [-0.15, -0.1) is 11.3 Å². The van der Waals surface area contributed by atoms with Gasteiger partial charge in [-0.3, -0.25) is 9.78 Å². The molecule has 2 aromatic heterocycles. The van der Waals surface area contributed by atoms with Gasteiger partial charge in [-0.25, -0.2) is 9.78 Å². The maximum Gasteiger partial charge on any atom is 0.490 e. The summed E-state index contributed by atoms with van der Waals surface area (Å²) in [6.45, 7) is 2.69. The van der Waals surface area contributed by atoms with Gasteiger partial charge < -0.3 is 20.6 Å². The number of hydrogen-bond acceptors (Lipinski definition) is 7. The van der Waals surface area contributed by atoms with Crippen molar-refractivity contribution in [3.05, 3.63) is 66.1 Å². The molecule has 3 N–H and O–H groups in total. The number of nitrogens with zero attached hydrogens (tertiary/aromatic N) is 3. The number of carboxylic acids is 1. The second-order valence-corrected chi connectivity index (χ2v) is 8.52. The molecule has 0 unspecified atom stereocenters. The molecule has 186 valence electrons. The third-order valence-corrected chi connectivity index (χ3v) is 5.99. The zero-order chi connectivity index (χ0) is 25.3. The molecule has 0 radical (unpaired) electrons. The molecule has 35 heavy (non-hydrogen) atoms. The number of carbonyl (C=O) groups is 2. The molecule has 3 heterocycles. The van der Waals surface area contributed by atoms with Crippen LogP contribution in [-0.4, -0.2) is 52.8 Å². The van der Waals surface area contributed by atoms with Crippen LogP contribution >= 0.6 is 11.3 Å². The van der Waals surface area contributed by atoms with E-state index >= 15 is 0 Å². The fourth-order valence-electron chi connectivity index (χ4n) is 3.42. The highest BCUT2D eigenvalue weighted by molar-refractivity contribution is 7.14. The zero-order valence-electron chi connectivity index (χ0n) is 18.5. The first kappa shape index (κ1) is 25.9. The third kappa shape index (κ3) is 7.95. The number of nitrogens with one attached hydrogen (secondary N) is 2. The Kier molecular flexibility index (Phi) is 9.01. The van der Waals surface area contributed by atoms with Gasteiger partial charge in [0.2, 0.25) is 0 Å². The molecule has 12 heteroatoms. The van der Waals surface area contributed by atoms with Crippen molar-refractivity contribution in [2.45, 2.75) is 19.0 Å². The monoisotopic (exact) mass is 507 g/mol. The second-order valence-electron chi connectivity index (χ2n) is 7.67. The third-order valence-electron chi connectivity index (χ3n) is 5.25. The Morgan fingerprint density at radius 1 is 1.09 bits per heavy atom. The van der Waals surface area contributed by atoms with Crippen molar-refractivity contribution in [1.29, 1.82) is 0 Å². The number of halogens is 3. The van der Waals surface area contributed by atoms with Gasteiger partial charge in [-0.05, 0) is 43.0 Å². The molecular formula is C23H24F3N5O3S. The average Bonchev–Trinajstić information content (AvgIpc) is 3.32. The molecule has 1 aromatic carbocycles. The fourth-order valence-corrected chi connectivity index (χ4v) is 4.12. The highest BCUT2D eigenvalue weighted by Gasteiger charge is 2.38. The molecule has 0 bridgehead atoms. The number of anilines is 3. The Balaban J connectivity index is 0.000000429. The van der Waals surface area contributed by atoms with E-state index in [2.05, 4.69) is 25.5 Å². The van der Waals surface area contributed by atoms with Crippen LogP contribution in [0, 0.1) is 5.92 Å². The van der Waals surface area contributed by atoms with Gasteiger partial charge in [0.05, 0.1) is 5.51 Å². The van der Waals surface area contributed by atoms with Gasteiger partial charge in [0.25, 0.3) is 5.91 Å². The molecule has 1 fully saturated rings. The van der Waals surface area contributed by atoms with Gasteiger partial charge >= 0.3 is 12.1 Å². The lowest BCUT2D eigenvalue weighted by atomic mass is 9.96. The number of pyridine rings is 1. The molecule has 1 aliphatic rings. The van der Waals surface area contributed by atoms with Gasteiger partial charge in [0, 0.05) is 43.4 Å². The van der Waals surface area contributed by atoms with Crippen molar-refractivity contribution in [2.24, 2.45) is 5.92 Å². The van der Waals surface area contributed by atoms with Gasteiger partial charge in [0.1, 0.15) is 5.00 Å². The van der Waals surface area contributed by atoms with Crippen molar-refractivity contribution < 1.29 is 27.9 Å². The predicted molar refractivity (Wildman–Crippen MR) is 127 cm³/mol. The predicted octanol–water partition coefficient (Wildman–Crippen LogP) is 4.56. The summed E-state index contributed by atoms with van der Waals surface area (Å²) < 4.78 is 31.7. The van der Waals surface area contributed by atoms with Crippen LogP contribution in [0.3, 0.4) is 0 Å². The molecule has 0 spiro atoms. The molecule has 1 aliphatic heterocycles. The number of rotatable bonds is 6. The number of hydrogen-bond donors (Lipinski definition) is 3. The first-order valence-electron chi connectivity index (χ1n) is 10.7. The SMILES string of the molecule is O=C(NCC1CCN(c2ccncc2)CC1)c1ncsc1Nc1ccccc1.O=C(O)C(F)(F)F. The highest BCUT2D eigenvalue weighted by atomic mass is 32.1. The summed E-state index contributed by atoms with van der Waals surface area (Å²) in [5, 5.41) is 14.3. The maximum absolute atomic E-state index is 12.6. The maximum atomic E-state index is 12.6. The van der Waals surface area contributed by atoms with E-state index in [1.165, 1.54) is 17.0 Å². The van der Waals surface area contributed by atoms with Crippen LogP contribution in [-0.2, 0) is 4.79 Å². The van der Waals surface area contributed by atoms with Crippen molar-refractivity contribution in [3.8, 4) is 0 Å². The fraction of sp³-hybridized carbons (Fsp3) is 0.304. The summed E-state index contributed by atoms with van der Waals surface area (Å²) in [6, 6.07) is 13.9.